The van der Waals surface area contributed by atoms with Crippen molar-refractivity contribution in [2.75, 3.05) is 5.75 Å². The van der Waals surface area contributed by atoms with Gasteiger partial charge in [0.05, 0.1) is 0 Å². The van der Waals surface area contributed by atoms with Gasteiger partial charge in [-0.2, -0.15) is 12.6 Å². The Hall–Kier alpha value is 0.640. The average Bonchev–Trinajstić information content (AvgIpc) is 2.21. The van der Waals surface area contributed by atoms with Gasteiger partial charge in [0.1, 0.15) is 0 Å². The number of hydrogen-bond acceptors (Lipinski definition) is 1. The first-order valence-electron chi connectivity index (χ1n) is 6.52. The first kappa shape index (κ1) is 18.0. The Kier molecular flexibility index (Phi) is 20.5. The summed E-state index contributed by atoms with van der Waals surface area (Å²) in [4.78, 5) is 0. The summed E-state index contributed by atoms with van der Waals surface area (Å²) in [7, 11) is 0. The lowest BCUT2D eigenvalue weighted by molar-refractivity contribution is 0.555. The molecule has 0 aliphatic heterocycles. The van der Waals surface area contributed by atoms with E-state index in [-0.39, 0.29) is 12.4 Å². The predicted octanol–water partition coefficient (Wildman–Crippen LogP) is 5.65. The Morgan fingerprint density at radius 3 is 1.27 bits per heavy atom. The largest absolute Gasteiger partial charge is 0.179 e. The second kappa shape index (κ2) is 17.0. The van der Waals surface area contributed by atoms with Gasteiger partial charge in [0.15, 0.2) is 0 Å². The van der Waals surface area contributed by atoms with E-state index in [1.807, 2.05) is 0 Å². The monoisotopic (exact) mass is 252 g/mol. The molecule has 0 rings (SSSR count). The van der Waals surface area contributed by atoms with E-state index >= 15 is 0 Å². The Balaban J connectivity index is 0. The van der Waals surface area contributed by atoms with E-state index < -0.39 is 0 Å². The van der Waals surface area contributed by atoms with Crippen LogP contribution in [0.15, 0.2) is 0 Å². The number of rotatable bonds is 11. The van der Waals surface area contributed by atoms with Gasteiger partial charge < -0.3 is 0 Å². The molecule has 0 fully saturated rings. The van der Waals surface area contributed by atoms with Gasteiger partial charge in [0.25, 0.3) is 0 Å². The second-order valence-electron chi connectivity index (χ2n) is 4.26. The lowest BCUT2D eigenvalue weighted by Crippen LogP contribution is -1.82. The third-order valence-corrected chi connectivity index (χ3v) is 3.08. The van der Waals surface area contributed by atoms with E-state index in [9.17, 15) is 0 Å². The van der Waals surface area contributed by atoms with E-state index in [2.05, 4.69) is 19.6 Å². The van der Waals surface area contributed by atoms with Crippen LogP contribution >= 0.6 is 25.0 Å². The van der Waals surface area contributed by atoms with Crippen LogP contribution in [0.3, 0.4) is 0 Å². The molecule has 0 amide bonds. The molecule has 0 unspecified atom stereocenters. The van der Waals surface area contributed by atoms with Gasteiger partial charge in [-0.15, -0.1) is 12.4 Å². The molecule has 2 heteroatoms. The molecule has 0 radical (unpaired) electrons. The molecular weight excluding hydrogens is 224 g/mol. The standard InChI is InChI=1S/C13H28S.ClH/c1-2-3-4-5-6-7-8-9-10-11-12-13-14;/h14H,2-13H2,1H3;1H. The van der Waals surface area contributed by atoms with Gasteiger partial charge >= 0.3 is 0 Å². The van der Waals surface area contributed by atoms with Gasteiger partial charge in [-0.05, 0) is 12.2 Å². The molecule has 0 aromatic heterocycles. The maximum atomic E-state index is 4.21. The maximum Gasteiger partial charge on any atom is -0.00979 e. The van der Waals surface area contributed by atoms with Crippen molar-refractivity contribution >= 4 is 25.0 Å². The van der Waals surface area contributed by atoms with Crippen LogP contribution in [0.2, 0.25) is 0 Å². The molecule has 0 N–H and O–H groups in total. The summed E-state index contributed by atoms with van der Waals surface area (Å²) in [5.41, 5.74) is 0. The molecule has 0 heterocycles. The van der Waals surface area contributed by atoms with E-state index in [0.717, 1.165) is 5.75 Å². The Bertz CT molecular complexity index is 84.5. The lowest BCUT2D eigenvalue weighted by Gasteiger charge is -2.01. The molecule has 0 saturated heterocycles. The Morgan fingerprint density at radius 1 is 0.600 bits per heavy atom. The molecule has 0 nitrogen and oxygen atoms in total. The molecule has 15 heavy (non-hydrogen) atoms. The third kappa shape index (κ3) is 17.3. The minimum absolute atomic E-state index is 0. The summed E-state index contributed by atoms with van der Waals surface area (Å²) in [5, 5.41) is 0. The van der Waals surface area contributed by atoms with Crippen molar-refractivity contribution in [2.45, 2.75) is 77.6 Å². The van der Waals surface area contributed by atoms with Gasteiger partial charge in [-0.3, -0.25) is 0 Å². The van der Waals surface area contributed by atoms with E-state index in [1.165, 1.54) is 70.6 Å². The Morgan fingerprint density at radius 2 is 0.933 bits per heavy atom. The van der Waals surface area contributed by atoms with Crippen LogP contribution in [0.4, 0.5) is 0 Å². The summed E-state index contributed by atoms with van der Waals surface area (Å²) in [5.74, 6) is 1.07. The molecule has 0 aliphatic carbocycles. The van der Waals surface area contributed by atoms with Crippen molar-refractivity contribution in [2.24, 2.45) is 0 Å². The fraction of sp³-hybridized carbons (Fsp3) is 1.00. The van der Waals surface area contributed by atoms with Crippen LogP contribution in [0.5, 0.6) is 0 Å². The molecule has 0 spiro atoms. The van der Waals surface area contributed by atoms with Crippen LogP contribution < -0.4 is 0 Å². The molecule has 0 bridgehead atoms. The summed E-state index contributed by atoms with van der Waals surface area (Å²) >= 11 is 4.21. The van der Waals surface area contributed by atoms with Crippen molar-refractivity contribution in [3.05, 3.63) is 0 Å². The first-order chi connectivity index (χ1) is 6.91. The van der Waals surface area contributed by atoms with Gasteiger partial charge in [-0.25, -0.2) is 0 Å². The average molecular weight is 253 g/mol. The number of unbranched alkanes of at least 4 members (excludes halogenated alkanes) is 10. The van der Waals surface area contributed by atoms with Crippen LogP contribution in [0.25, 0.3) is 0 Å². The fourth-order valence-corrected chi connectivity index (χ4v) is 2.00. The number of thiol groups is 1. The first-order valence-corrected chi connectivity index (χ1v) is 7.16. The fourth-order valence-electron chi connectivity index (χ4n) is 1.78. The minimum atomic E-state index is 0. The van der Waals surface area contributed by atoms with Crippen molar-refractivity contribution < 1.29 is 0 Å². The highest BCUT2D eigenvalue weighted by atomic mass is 35.5. The summed E-state index contributed by atoms with van der Waals surface area (Å²) < 4.78 is 0. The van der Waals surface area contributed by atoms with Crippen LogP contribution in [-0.2, 0) is 0 Å². The van der Waals surface area contributed by atoms with Gasteiger partial charge in [0.2, 0.25) is 0 Å². The molecule has 0 saturated carbocycles. The topological polar surface area (TPSA) is 0 Å². The zero-order valence-electron chi connectivity index (χ0n) is 10.3. The Labute approximate surface area is 108 Å². The zero-order valence-corrected chi connectivity index (χ0v) is 12.1. The molecule has 94 valence electrons. The normalized spacial score (nSPS) is 10.0. The highest BCUT2D eigenvalue weighted by molar-refractivity contribution is 7.80. The molecule has 0 aromatic rings. The summed E-state index contributed by atoms with van der Waals surface area (Å²) in [6.07, 6.45) is 15.7. The van der Waals surface area contributed by atoms with E-state index in [0.29, 0.717) is 0 Å². The van der Waals surface area contributed by atoms with E-state index in [1.54, 1.807) is 0 Å². The van der Waals surface area contributed by atoms with Gasteiger partial charge in [0, 0.05) is 0 Å². The molecule has 0 aromatic carbocycles. The third-order valence-electron chi connectivity index (χ3n) is 2.76. The number of hydrogen-bond donors (Lipinski definition) is 1. The van der Waals surface area contributed by atoms with Crippen molar-refractivity contribution in [1.82, 2.24) is 0 Å². The van der Waals surface area contributed by atoms with Crippen molar-refractivity contribution in [3.63, 3.8) is 0 Å². The predicted molar refractivity (Wildman–Crippen MR) is 77.6 cm³/mol. The summed E-state index contributed by atoms with van der Waals surface area (Å²) in [6.45, 7) is 2.28. The molecule has 0 atom stereocenters. The van der Waals surface area contributed by atoms with Crippen LogP contribution in [-0.4, -0.2) is 5.75 Å². The quantitative estimate of drug-likeness (QED) is 0.357. The van der Waals surface area contributed by atoms with Crippen LogP contribution in [0.1, 0.15) is 77.6 Å². The van der Waals surface area contributed by atoms with Crippen molar-refractivity contribution in [1.29, 1.82) is 0 Å². The lowest BCUT2D eigenvalue weighted by atomic mass is 10.1. The minimum Gasteiger partial charge on any atom is -0.179 e. The molecule has 0 aliphatic rings. The zero-order chi connectivity index (χ0) is 10.5. The SMILES string of the molecule is CCCCCCCCCCCCCS.Cl. The maximum absolute atomic E-state index is 4.21. The highest BCUT2D eigenvalue weighted by Crippen LogP contribution is 2.11. The molecular formula is C13H29ClS. The summed E-state index contributed by atoms with van der Waals surface area (Å²) in [6, 6.07) is 0. The number of halogens is 1. The van der Waals surface area contributed by atoms with Crippen LogP contribution in [0, 0.1) is 0 Å². The van der Waals surface area contributed by atoms with Gasteiger partial charge in [-0.1, -0.05) is 71.1 Å². The van der Waals surface area contributed by atoms with E-state index in [4.69, 9.17) is 0 Å². The smallest absolute Gasteiger partial charge is 0.00979 e. The second-order valence-corrected chi connectivity index (χ2v) is 4.71. The highest BCUT2D eigenvalue weighted by Gasteiger charge is 1.91. The van der Waals surface area contributed by atoms with Crippen molar-refractivity contribution in [3.8, 4) is 0 Å².